The monoisotopic (exact) mass is 556 g/mol. The normalized spacial score (nSPS) is 18.6. The largest absolute Gasteiger partial charge is 0.381 e. The highest BCUT2D eigenvalue weighted by atomic mass is 32.2. The van der Waals surface area contributed by atoms with Crippen LogP contribution in [0.25, 0.3) is 0 Å². The minimum atomic E-state index is -3.77. The third kappa shape index (κ3) is 6.57. The fourth-order valence-electron chi connectivity index (χ4n) is 5.36. The van der Waals surface area contributed by atoms with Gasteiger partial charge in [0.05, 0.1) is 22.0 Å². The Morgan fingerprint density at radius 2 is 1.76 bits per heavy atom. The first-order chi connectivity index (χ1) is 18.3. The van der Waals surface area contributed by atoms with Gasteiger partial charge in [0, 0.05) is 31.2 Å². The maximum atomic E-state index is 14.0. The molecule has 0 N–H and O–H groups in total. The molecule has 8 heteroatoms. The van der Waals surface area contributed by atoms with E-state index in [1.807, 2.05) is 36.9 Å². The van der Waals surface area contributed by atoms with Crippen LogP contribution in [0, 0.1) is 17.8 Å². The van der Waals surface area contributed by atoms with Crippen LogP contribution < -0.4 is 9.21 Å². The molecule has 0 unspecified atom stereocenters. The van der Waals surface area contributed by atoms with E-state index < -0.39 is 10.0 Å². The Hall–Kier alpha value is -2.03. The number of anilines is 2. The number of carbonyl (C=O) groups excluding carboxylic acids is 1. The van der Waals surface area contributed by atoms with Crippen molar-refractivity contribution in [1.82, 2.24) is 0 Å². The third-order valence-electron chi connectivity index (χ3n) is 7.77. The summed E-state index contributed by atoms with van der Waals surface area (Å²) in [6.07, 6.45) is 8.19. The van der Waals surface area contributed by atoms with Crippen LogP contribution in [0.5, 0.6) is 0 Å². The van der Waals surface area contributed by atoms with E-state index in [0.717, 1.165) is 49.0 Å². The molecule has 2 fully saturated rings. The Morgan fingerprint density at radius 1 is 1.03 bits per heavy atom. The van der Waals surface area contributed by atoms with Crippen LogP contribution in [0.2, 0.25) is 0 Å². The fourth-order valence-corrected chi connectivity index (χ4v) is 8.06. The highest BCUT2D eigenvalue weighted by molar-refractivity contribution is 8.00. The molecular weight excluding hydrogens is 516 g/mol. The number of nitrogens with zero attached hydrogens (tertiary/aromatic N) is 2. The number of hydrogen-bond acceptors (Lipinski definition) is 5. The molecule has 2 aliphatic heterocycles. The standard InChI is InChI=1S/C30H40N2O4S2/c1-22(2)19-32(26-10-8-24(9-11-26)5-3-4-23-6-7-23)38(34,35)27-12-13-28-29(18-27)37-21-30(33)31(28)20-25-14-16-36-17-15-25/h8-13,18,22-23,25H,3-7,14-17,19-21H2,1-2H3. The summed E-state index contributed by atoms with van der Waals surface area (Å²) < 4.78 is 35.0. The molecular formula is C30H40N2O4S2. The minimum absolute atomic E-state index is 0.0863. The highest BCUT2D eigenvalue weighted by Gasteiger charge is 2.31. The van der Waals surface area contributed by atoms with Crippen molar-refractivity contribution >= 4 is 39.1 Å². The second-order valence-corrected chi connectivity index (χ2v) is 14.3. The van der Waals surface area contributed by atoms with Gasteiger partial charge in [-0.2, -0.15) is 0 Å². The van der Waals surface area contributed by atoms with Crippen LogP contribution >= 0.6 is 11.8 Å². The molecule has 206 valence electrons. The number of thioether (sulfide) groups is 1. The molecule has 2 heterocycles. The number of amides is 1. The van der Waals surface area contributed by atoms with Gasteiger partial charge in [0.25, 0.3) is 10.0 Å². The zero-order valence-corrected chi connectivity index (χ0v) is 24.2. The van der Waals surface area contributed by atoms with Crippen molar-refractivity contribution in [2.24, 2.45) is 17.8 Å². The van der Waals surface area contributed by atoms with E-state index in [9.17, 15) is 13.2 Å². The zero-order chi connectivity index (χ0) is 26.7. The lowest BCUT2D eigenvalue weighted by Crippen LogP contribution is -2.40. The molecule has 1 saturated heterocycles. The summed E-state index contributed by atoms with van der Waals surface area (Å²) in [5.41, 5.74) is 2.78. The molecule has 0 atom stereocenters. The summed E-state index contributed by atoms with van der Waals surface area (Å²) in [6.45, 7) is 6.61. The second-order valence-electron chi connectivity index (χ2n) is 11.4. The first-order valence-corrected chi connectivity index (χ1v) is 16.5. The number of rotatable bonds is 11. The van der Waals surface area contributed by atoms with Crippen molar-refractivity contribution in [3.63, 3.8) is 0 Å². The first-order valence-electron chi connectivity index (χ1n) is 14.1. The van der Waals surface area contributed by atoms with Crippen LogP contribution in [0.3, 0.4) is 0 Å². The quantitative estimate of drug-likeness (QED) is 0.333. The van der Waals surface area contributed by atoms with Crippen molar-refractivity contribution in [2.75, 3.05) is 41.3 Å². The Balaban J connectivity index is 1.36. The van der Waals surface area contributed by atoms with Crippen LogP contribution in [-0.2, 0) is 26.0 Å². The van der Waals surface area contributed by atoms with E-state index in [-0.39, 0.29) is 16.7 Å². The molecule has 38 heavy (non-hydrogen) atoms. The molecule has 2 aromatic carbocycles. The van der Waals surface area contributed by atoms with Gasteiger partial charge in [-0.15, -0.1) is 11.8 Å². The molecule has 6 nitrogen and oxygen atoms in total. The molecule has 5 rings (SSSR count). The number of aryl methyl sites for hydroxylation is 1. The molecule has 3 aliphatic rings. The van der Waals surface area contributed by atoms with Gasteiger partial charge < -0.3 is 9.64 Å². The molecule has 1 saturated carbocycles. The zero-order valence-electron chi connectivity index (χ0n) is 22.6. The minimum Gasteiger partial charge on any atom is -0.381 e. The Kier molecular flexibility index (Phi) is 8.70. The molecule has 0 spiro atoms. The van der Waals surface area contributed by atoms with E-state index >= 15 is 0 Å². The van der Waals surface area contributed by atoms with E-state index in [4.69, 9.17) is 4.74 Å². The van der Waals surface area contributed by atoms with Crippen molar-refractivity contribution < 1.29 is 17.9 Å². The number of hydrogen-bond donors (Lipinski definition) is 0. The summed E-state index contributed by atoms with van der Waals surface area (Å²) >= 11 is 1.43. The molecule has 0 bridgehead atoms. The van der Waals surface area contributed by atoms with Crippen molar-refractivity contribution in [2.45, 2.75) is 68.6 Å². The maximum absolute atomic E-state index is 14.0. The molecule has 1 amide bonds. The van der Waals surface area contributed by atoms with E-state index in [2.05, 4.69) is 12.1 Å². The molecule has 0 radical (unpaired) electrons. The summed E-state index contributed by atoms with van der Waals surface area (Å²) in [5.74, 6) is 1.93. The smallest absolute Gasteiger partial charge is 0.264 e. The van der Waals surface area contributed by atoms with Crippen LogP contribution in [0.15, 0.2) is 52.3 Å². The van der Waals surface area contributed by atoms with Gasteiger partial charge in [0.1, 0.15) is 0 Å². The van der Waals surface area contributed by atoms with Crippen molar-refractivity contribution in [1.29, 1.82) is 0 Å². The topological polar surface area (TPSA) is 66.9 Å². The number of carbonyl (C=O) groups is 1. The van der Waals surface area contributed by atoms with Crippen LogP contribution in [0.4, 0.5) is 11.4 Å². The van der Waals surface area contributed by atoms with Gasteiger partial charge in [-0.1, -0.05) is 45.2 Å². The predicted molar refractivity (Wildman–Crippen MR) is 155 cm³/mol. The van der Waals surface area contributed by atoms with Gasteiger partial charge in [0.15, 0.2) is 0 Å². The van der Waals surface area contributed by atoms with Gasteiger partial charge >= 0.3 is 0 Å². The molecule has 2 aromatic rings. The van der Waals surface area contributed by atoms with Crippen molar-refractivity contribution in [3.8, 4) is 0 Å². The lowest BCUT2D eigenvalue weighted by atomic mass is 9.99. The van der Waals surface area contributed by atoms with Crippen molar-refractivity contribution in [3.05, 3.63) is 48.0 Å². The highest BCUT2D eigenvalue weighted by Crippen LogP contribution is 2.39. The Bertz CT molecular complexity index is 1220. The van der Waals surface area contributed by atoms with E-state index in [0.29, 0.717) is 30.4 Å². The summed E-state index contributed by atoms with van der Waals surface area (Å²) in [4.78, 5) is 15.8. The summed E-state index contributed by atoms with van der Waals surface area (Å²) in [5, 5.41) is 0. The lowest BCUT2D eigenvalue weighted by molar-refractivity contribution is -0.116. The van der Waals surface area contributed by atoms with Gasteiger partial charge in [-0.05, 0) is 79.3 Å². The van der Waals surface area contributed by atoms with Gasteiger partial charge in [-0.25, -0.2) is 8.42 Å². The number of benzene rings is 2. The van der Waals surface area contributed by atoms with Gasteiger partial charge in [0.2, 0.25) is 5.91 Å². The van der Waals surface area contributed by atoms with Crippen LogP contribution in [0.1, 0.15) is 57.9 Å². The number of sulfonamides is 1. The average Bonchev–Trinajstić information content (AvgIpc) is 3.74. The third-order valence-corrected chi connectivity index (χ3v) is 10.6. The van der Waals surface area contributed by atoms with E-state index in [1.54, 1.807) is 16.4 Å². The molecule has 0 aromatic heterocycles. The lowest BCUT2D eigenvalue weighted by Gasteiger charge is -2.34. The number of ether oxygens (including phenoxy) is 1. The second kappa shape index (κ2) is 12.0. The van der Waals surface area contributed by atoms with E-state index in [1.165, 1.54) is 43.0 Å². The Morgan fingerprint density at radius 3 is 2.45 bits per heavy atom. The summed E-state index contributed by atoms with van der Waals surface area (Å²) in [6, 6.07) is 13.3. The predicted octanol–water partition coefficient (Wildman–Crippen LogP) is 6.14. The number of fused-ring (bicyclic) bond motifs is 1. The Labute approximate surface area is 232 Å². The fraction of sp³-hybridized carbons (Fsp3) is 0.567. The van der Waals surface area contributed by atoms with Crippen LogP contribution in [-0.4, -0.2) is 46.4 Å². The summed E-state index contributed by atoms with van der Waals surface area (Å²) in [7, 11) is -3.77. The SMILES string of the molecule is CC(C)CN(c1ccc(CCCC2CC2)cc1)S(=O)(=O)c1ccc2c(c1)SCC(=O)N2CC1CCOCC1. The maximum Gasteiger partial charge on any atom is 0.264 e. The van der Waals surface area contributed by atoms with Gasteiger partial charge in [-0.3, -0.25) is 9.10 Å². The average molecular weight is 557 g/mol. The molecule has 1 aliphatic carbocycles. The first kappa shape index (κ1) is 27.5.